The molecule has 0 atom stereocenters. The molecule has 1 N–H and O–H groups in total. The molecule has 0 saturated carbocycles. The van der Waals surface area contributed by atoms with Crippen molar-refractivity contribution < 1.29 is 0 Å². The Morgan fingerprint density at radius 3 is 3.00 bits per heavy atom. The minimum Gasteiger partial charge on any atom is -0.385 e. The number of benzene rings is 2. The van der Waals surface area contributed by atoms with E-state index in [4.69, 9.17) is 4.98 Å². The number of aryl methyl sites for hydroxylation is 2. The van der Waals surface area contributed by atoms with Crippen LogP contribution in [0, 0.1) is 0 Å². The number of rotatable bonds is 2. The Balaban J connectivity index is 1.69. The number of fused-ring (bicyclic) bond motifs is 2. The molecular weight excluding hydrogens is 258 g/mol. The Hall–Kier alpha value is -2.29. The molecule has 0 saturated heterocycles. The van der Waals surface area contributed by atoms with Crippen molar-refractivity contribution in [3.63, 3.8) is 0 Å². The van der Waals surface area contributed by atoms with Crippen LogP contribution in [0.4, 0.5) is 5.69 Å². The van der Waals surface area contributed by atoms with Gasteiger partial charge in [-0.05, 0) is 42.2 Å². The topological polar surface area (TPSA) is 29.9 Å². The molecule has 1 aliphatic rings. The van der Waals surface area contributed by atoms with Gasteiger partial charge in [0.25, 0.3) is 0 Å². The van der Waals surface area contributed by atoms with Crippen molar-refractivity contribution in [2.75, 3.05) is 11.9 Å². The van der Waals surface area contributed by atoms with E-state index in [0.29, 0.717) is 0 Å². The smallest absolute Gasteiger partial charge is 0.114 e. The standard InChI is InChI=1S/C18H19N3/c1-21-17-7-3-2-6-16(17)20-18(21)12-13-8-9-15-14(11-13)5-4-10-19-15/h2-3,6-9,11,19H,4-5,10,12H2,1H3. The second-order valence-electron chi connectivity index (χ2n) is 5.77. The minimum absolute atomic E-state index is 0.887. The van der Waals surface area contributed by atoms with E-state index in [1.807, 2.05) is 6.07 Å². The predicted molar refractivity (Wildman–Crippen MR) is 86.8 cm³/mol. The van der Waals surface area contributed by atoms with Crippen LogP contribution in [0.25, 0.3) is 11.0 Å². The fourth-order valence-corrected chi connectivity index (χ4v) is 3.17. The number of nitrogens with zero attached hydrogens (tertiary/aromatic N) is 2. The summed E-state index contributed by atoms with van der Waals surface area (Å²) in [6, 6.07) is 15.1. The van der Waals surface area contributed by atoms with Gasteiger partial charge in [0.15, 0.2) is 0 Å². The molecule has 3 aromatic rings. The molecule has 21 heavy (non-hydrogen) atoms. The summed E-state index contributed by atoms with van der Waals surface area (Å²) >= 11 is 0. The van der Waals surface area contributed by atoms with Gasteiger partial charge in [-0.15, -0.1) is 0 Å². The van der Waals surface area contributed by atoms with Crippen molar-refractivity contribution in [2.45, 2.75) is 19.3 Å². The maximum Gasteiger partial charge on any atom is 0.114 e. The van der Waals surface area contributed by atoms with Crippen LogP contribution in [-0.2, 0) is 19.9 Å². The Morgan fingerprint density at radius 2 is 2.10 bits per heavy atom. The van der Waals surface area contributed by atoms with Crippen LogP contribution in [0.5, 0.6) is 0 Å². The normalized spacial score (nSPS) is 14.0. The molecule has 0 spiro atoms. The lowest BCUT2D eigenvalue weighted by molar-refractivity contribution is 0.820. The zero-order valence-corrected chi connectivity index (χ0v) is 12.3. The van der Waals surface area contributed by atoms with Gasteiger partial charge < -0.3 is 9.88 Å². The molecule has 2 aromatic carbocycles. The van der Waals surface area contributed by atoms with E-state index in [1.165, 1.54) is 35.2 Å². The summed E-state index contributed by atoms with van der Waals surface area (Å²) in [5.41, 5.74) is 6.37. The zero-order chi connectivity index (χ0) is 14.2. The van der Waals surface area contributed by atoms with Crippen LogP contribution in [0.3, 0.4) is 0 Å². The number of hydrogen-bond donors (Lipinski definition) is 1. The van der Waals surface area contributed by atoms with Crippen molar-refractivity contribution in [3.8, 4) is 0 Å². The average Bonchev–Trinajstić information content (AvgIpc) is 2.84. The first-order valence-corrected chi connectivity index (χ1v) is 7.57. The zero-order valence-electron chi connectivity index (χ0n) is 12.3. The van der Waals surface area contributed by atoms with E-state index in [1.54, 1.807) is 0 Å². The van der Waals surface area contributed by atoms with Gasteiger partial charge in [0.1, 0.15) is 5.82 Å². The number of hydrogen-bond acceptors (Lipinski definition) is 2. The molecule has 0 unspecified atom stereocenters. The third-order valence-electron chi connectivity index (χ3n) is 4.35. The number of imidazole rings is 1. The highest BCUT2D eigenvalue weighted by Gasteiger charge is 2.11. The van der Waals surface area contributed by atoms with E-state index >= 15 is 0 Å². The van der Waals surface area contributed by atoms with Gasteiger partial charge in [0, 0.05) is 25.7 Å². The van der Waals surface area contributed by atoms with Crippen molar-refractivity contribution in [3.05, 3.63) is 59.4 Å². The lowest BCUT2D eigenvalue weighted by Crippen LogP contribution is -2.12. The van der Waals surface area contributed by atoms with Crippen molar-refractivity contribution in [1.82, 2.24) is 9.55 Å². The van der Waals surface area contributed by atoms with Gasteiger partial charge in [0.2, 0.25) is 0 Å². The first-order chi connectivity index (χ1) is 10.3. The molecule has 0 aliphatic carbocycles. The molecule has 1 aliphatic heterocycles. The largest absolute Gasteiger partial charge is 0.385 e. The summed E-state index contributed by atoms with van der Waals surface area (Å²) in [5, 5.41) is 3.47. The van der Waals surface area contributed by atoms with Crippen LogP contribution in [0.1, 0.15) is 23.4 Å². The summed E-state index contributed by atoms with van der Waals surface area (Å²) in [5.74, 6) is 1.12. The third-order valence-corrected chi connectivity index (χ3v) is 4.35. The maximum absolute atomic E-state index is 4.77. The highest BCUT2D eigenvalue weighted by molar-refractivity contribution is 5.75. The van der Waals surface area contributed by atoms with Crippen molar-refractivity contribution in [2.24, 2.45) is 7.05 Å². The molecule has 0 radical (unpaired) electrons. The number of nitrogens with one attached hydrogen (secondary N) is 1. The summed E-state index contributed by atoms with van der Waals surface area (Å²) in [6.07, 6.45) is 3.29. The highest BCUT2D eigenvalue weighted by atomic mass is 15.1. The van der Waals surface area contributed by atoms with Crippen LogP contribution in [0.2, 0.25) is 0 Å². The maximum atomic E-state index is 4.77. The molecule has 0 fully saturated rings. The summed E-state index contributed by atoms with van der Waals surface area (Å²) < 4.78 is 2.20. The second-order valence-corrected chi connectivity index (χ2v) is 5.77. The van der Waals surface area contributed by atoms with Gasteiger partial charge in [-0.3, -0.25) is 0 Å². The van der Waals surface area contributed by atoms with Crippen molar-refractivity contribution >= 4 is 16.7 Å². The minimum atomic E-state index is 0.887. The van der Waals surface area contributed by atoms with Gasteiger partial charge in [-0.2, -0.15) is 0 Å². The molecule has 4 rings (SSSR count). The molecule has 2 heterocycles. The Kier molecular flexibility index (Phi) is 2.92. The van der Waals surface area contributed by atoms with Gasteiger partial charge in [-0.1, -0.05) is 24.3 Å². The highest BCUT2D eigenvalue weighted by Crippen LogP contribution is 2.24. The molecular formula is C18H19N3. The quantitative estimate of drug-likeness (QED) is 0.776. The lowest BCUT2D eigenvalue weighted by atomic mass is 9.99. The summed E-state index contributed by atoms with van der Waals surface area (Å²) in [6.45, 7) is 1.09. The Bertz CT molecular complexity index is 801. The molecule has 0 amide bonds. The van der Waals surface area contributed by atoms with Crippen molar-refractivity contribution in [1.29, 1.82) is 0 Å². The van der Waals surface area contributed by atoms with Gasteiger partial charge in [-0.25, -0.2) is 4.98 Å². The molecule has 3 heteroatoms. The monoisotopic (exact) mass is 277 g/mol. The van der Waals surface area contributed by atoms with Crippen LogP contribution < -0.4 is 5.32 Å². The SMILES string of the molecule is Cn1c(Cc2ccc3c(c2)CCCN3)nc2ccccc21. The average molecular weight is 277 g/mol. The summed E-state index contributed by atoms with van der Waals surface area (Å²) in [7, 11) is 2.10. The first-order valence-electron chi connectivity index (χ1n) is 7.57. The lowest BCUT2D eigenvalue weighted by Gasteiger charge is -2.18. The van der Waals surface area contributed by atoms with Gasteiger partial charge in [0.05, 0.1) is 11.0 Å². The van der Waals surface area contributed by atoms with E-state index in [9.17, 15) is 0 Å². The molecule has 0 bridgehead atoms. The van der Waals surface area contributed by atoms with E-state index in [0.717, 1.165) is 24.3 Å². The Labute approximate surface area is 124 Å². The second kappa shape index (κ2) is 4.92. The predicted octanol–water partition coefficient (Wildman–Crippen LogP) is 3.52. The van der Waals surface area contributed by atoms with Gasteiger partial charge >= 0.3 is 0 Å². The molecule has 106 valence electrons. The molecule has 3 nitrogen and oxygen atoms in total. The van der Waals surface area contributed by atoms with E-state index in [2.05, 4.69) is 53.3 Å². The van der Waals surface area contributed by atoms with Crippen LogP contribution in [0.15, 0.2) is 42.5 Å². The number of aromatic nitrogens is 2. The van der Waals surface area contributed by atoms with Crippen LogP contribution in [-0.4, -0.2) is 16.1 Å². The fraction of sp³-hybridized carbons (Fsp3) is 0.278. The van der Waals surface area contributed by atoms with E-state index < -0.39 is 0 Å². The Morgan fingerprint density at radius 1 is 1.19 bits per heavy atom. The fourth-order valence-electron chi connectivity index (χ4n) is 3.17. The number of anilines is 1. The first kappa shape index (κ1) is 12.5. The van der Waals surface area contributed by atoms with Crippen LogP contribution >= 0.6 is 0 Å². The van der Waals surface area contributed by atoms with E-state index in [-0.39, 0.29) is 0 Å². The molecule has 1 aromatic heterocycles. The summed E-state index contributed by atoms with van der Waals surface area (Å²) in [4.78, 5) is 4.77. The number of para-hydroxylation sites is 2. The third kappa shape index (κ3) is 2.19.